The number of benzene rings is 1. The van der Waals surface area contributed by atoms with Crippen LogP contribution in [0.2, 0.25) is 0 Å². The molecule has 0 radical (unpaired) electrons. The van der Waals surface area contributed by atoms with Gasteiger partial charge in [0, 0.05) is 37.5 Å². The van der Waals surface area contributed by atoms with Gasteiger partial charge in [0.05, 0.1) is 5.69 Å². The number of aryl methyl sites for hydroxylation is 1. The molecule has 0 aliphatic carbocycles. The van der Waals surface area contributed by atoms with Gasteiger partial charge in [-0.3, -0.25) is 9.48 Å². The molecule has 0 atom stereocenters. The summed E-state index contributed by atoms with van der Waals surface area (Å²) in [6.45, 7) is 1.78. The second-order valence-electron chi connectivity index (χ2n) is 4.60. The molecule has 0 spiro atoms. The number of amides is 1. The fourth-order valence-electron chi connectivity index (χ4n) is 2.05. The van der Waals surface area contributed by atoms with Gasteiger partial charge in [0.15, 0.2) is 0 Å². The van der Waals surface area contributed by atoms with Crippen LogP contribution in [0.25, 0.3) is 11.3 Å². The van der Waals surface area contributed by atoms with Gasteiger partial charge >= 0.3 is 0 Å². The SMILES string of the molecule is Cn1ccc(-c2ccc(C(=O)N3CCC3)cc2)n1. The van der Waals surface area contributed by atoms with E-state index in [9.17, 15) is 4.79 Å². The summed E-state index contributed by atoms with van der Waals surface area (Å²) in [5.74, 6) is 0.133. The lowest BCUT2D eigenvalue weighted by atomic mass is 10.1. The van der Waals surface area contributed by atoms with E-state index in [0.29, 0.717) is 0 Å². The minimum Gasteiger partial charge on any atom is -0.339 e. The molecule has 1 aliphatic heterocycles. The van der Waals surface area contributed by atoms with E-state index in [1.165, 1.54) is 0 Å². The highest BCUT2D eigenvalue weighted by Gasteiger charge is 2.21. The average molecular weight is 241 g/mol. The molecule has 0 unspecified atom stereocenters. The Labute approximate surface area is 106 Å². The summed E-state index contributed by atoms with van der Waals surface area (Å²) in [5.41, 5.74) is 2.73. The van der Waals surface area contributed by atoms with E-state index >= 15 is 0 Å². The molecule has 4 nitrogen and oxygen atoms in total. The molecule has 92 valence electrons. The van der Waals surface area contributed by atoms with Gasteiger partial charge in [-0.1, -0.05) is 12.1 Å². The lowest BCUT2D eigenvalue weighted by Gasteiger charge is -2.30. The van der Waals surface area contributed by atoms with Gasteiger partial charge in [0.1, 0.15) is 0 Å². The molecule has 3 rings (SSSR count). The first-order valence-electron chi connectivity index (χ1n) is 6.13. The first-order chi connectivity index (χ1) is 8.74. The standard InChI is InChI=1S/C14H15N3O/c1-16-10-7-13(15-16)11-3-5-12(6-4-11)14(18)17-8-2-9-17/h3-7,10H,2,8-9H2,1H3. The third-order valence-corrected chi connectivity index (χ3v) is 3.28. The topological polar surface area (TPSA) is 38.1 Å². The summed E-state index contributed by atoms with van der Waals surface area (Å²) in [4.78, 5) is 13.9. The number of rotatable bonds is 2. The Hall–Kier alpha value is -2.10. The van der Waals surface area contributed by atoms with Crippen molar-refractivity contribution in [3.8, 4) is 11.3 Å². The molecule has 2 heterocycles. The van der Waals surface area contributed by atoms with Crippen molar-refractivity contribution in [2.75, 3.05) is 13.1 Å². The summed E-state index contributed by atoms with van der Waals surface area (Å²) >= 11 is 0. The molecule has 0 N–H and O–H groups in total. The Morgan fingerprint density at radius 2 is 1.89 bits per heavy atom. The van der Waals surface area contributed by atoms with Crippen LogP contribution in [0.3, 0.4) is 0 Å². The predicted molar refractivity (Wildman–Crippen MR) is 69.2 cm³/mol. The maximum Gasteiger partial charge on any atom is 0.253 e. The number of likely N-dealkylation sites (tertiary alicyclic amines) is 1. The van der Waals surface area contributed by atoms with E-state index < -0.39 is 0 Å². The Kier molecular flexibility index (Phi) is 2.63. The number of carbonyl (C=O) groups is 1. The summed E-state index contributed by atoms with van der Waals surface area (Å²) in [6, 6.07) is 9.63. The van der Waals surface area contributed by atoms with E-state index in [1.54, 1.807) is 4.68 Å². The first kappa shape index (κ1) is 11.0. The van der Waals surface area contributed by atoms with Crippen molar-refractivity contribution in [2.24, 2.45) is 7.05 Å². The molecular weight excluding hydrogens is 226 g/mol. The Morgan fingerprint density at radius 3 is 2.39 bits per heavy atom. The Morgan fingerprint density at radius 1 is 1.17 bits per heavy atom. The molecule has 1 aliphatic rings. The molecule has 0 saturated carbocycles. The highest BCUT2D eigenvalue weighted by Crippen LogP contribution is 2.19. The molecule has 1 aromatic heterocycles. The van der Waals surface area contributed by atoms with Crippen LogP contribution in [-0.4, -0.2) is 33.7 Å². The quantitative estimate of drug-likeness (QED) is 0.805. The number of nitrogens with zero attached hydrogens (tertiary/aromatic N) is 3. The summed E-state index contributed by atoms with van der Waals surface area (Å²) in [7, 11) is 1.89. The first-order valence-corrected chi connectivity index (χ1v) is 6.13. The molecule has 18 heavy (non-hydrogen) atoms. The zero-order valence-corrected chi connectivity index (χ0v) is 10.3. The fraction of sp³-hybridized carbons (Fsp3) is 0.286. The molecular formula is C14H15N3O. The fourth-order valence-corrected chi connectivity index (χ4v) is 2.05. The maximum atomic E-state index is 12.0. The van der Waals surface area contributed by atoms with Crippen LogP contribution in [0.5, 0.6) is 0 Å². The van der Waals surface area contributed by atoms with Crippen molar-refractivity contribution in [2.45, 2.75) is 6.42 Å². The van der Waals surface area contributed by atoms with Crippen molar-refractivity contribution in [3.05, 3.63) is 42.1 Å². The Bertz CT molecular complexity index is 567. The van der Waals surface area contributed by atoms with Crippen molar-refractivity contribution in [1.82, 2.24) is 14.7 Å². The molecule has 1 amide bonds. The highest BCUT2D eigenvalue weighted by atomic mass is 16.2. The Balaban J connectivity index is 1.82. The van der Waals surface area contributed by atoms with Gasteiger partial charge < -0.3 is 4.90 Å². The van der Waals surface area contributed by atoms with Crippen molar-refractivity contribution in [1.29, 1.82) is 0 Å². The molecule has 1 fully saturated rings. The average Bonchev–Trinajstić information content (AvgIpc) is 2.74. The van der Waals surface area contributed by atoms with Gasteiger partial charge in [-0.05, 0) is 24.6 Å². The molecule has 2 aromatic rings. The zero-order chi connectivity index (χ0) is 12.5. The minimum absolute atomic E-state index is 0.133. The van der Waals surface area contributed by atoms with Gasteiger partial charge in [0.25, 0.3) is 5.91 Å². The third-order valence-electron chi connectivity index (χ3n) is 3.28. The second kappa shape index (κ2) is 4.29. The minimum atomic E-state index is 0.133. The van der Waals surface area contributed by atoms with Crippen LogP contribution in [0.4, 0.5) is 0 Å². The smallest absolute Gasteiger partial charge is 0.253 e. The summed E-state index contributed by atoms with van der Waals surface area (Å²) < 4.78 is 1.77. The maximum absolute atomic E-state index is 12.0. The van der Waals surface area contributed by atoms with Crippen molar-refractivity contribution >= 4 is 5.91 Å². The van der Waals surface area contributed by atoms with E-state index in [-0.39, 0.29) is 5.91 Å². The summed E-state index contributed by atoms with van der Waals surface area (Å²) in [5, 5.41) is 4.34. The van der Waals surface area contributed by atoms with Gasteiger partial charge in [-0.2, -0.15) is 5.10 Å². The lowest BCUT2D eigenvalue weighted by Crippen LogP contribution is -2.41. The predicted octanol–water partition coefficient (Wildman–Crippen LogP) is 1.93. The monoisotopic (exact) mass is 241 g/mol. The van der Waals surface area contributed by atoms with Crippen LogP contribution < -0.4 is 0 Å². The van der Waals surface area contributed by atoms with E-state index in [1.807, 2.05) is 48.5 Å². The van der Waals surface area contributed by atoms with E-state index in [2.05, 4.69) is 5.10 Å². The van der Waals surface area contributed by atoms with Gasteiger partial charge in [-0.15, -0.1) is 0 Å². The van der Waals surface area contributed by atoms with Gasteiger partial charge in [-0.25, -0.2) is 0 Å². The third kappa shape index (κ3) is 1.90. The molecule has 0 bridgehead atoms. The normalized spacial score (nSPS) is 14.4. The van der Waals surface area contributed by atoms with Gasteiger partial charge in [0.2, 0.25) is 0 Å². The highest BCUT2D eigenvalue weighted by molar-refractivity contribution is 5.95. The van der Waals surface area contributed by atoms with E-state index in [0.717, 1.165) is 36.3 Å². The number of carbonyl (C=O) groups excluding carboxylic acids is 1. The molecule has 1 aromatic carbocycles. The number of hydrogen-bond donors (Lipinski definition) is 0. The molecule has 1 saturated heterocycles. The number of hydrogen-bond acceptors (Lipinski definition) is 2. The van der Waals surface area contributed by atoms with Crippen LogP contribution in [0.15, 0.2) is 36.5 Å². The summed E-state index contributed by atoms with van der Waals surface area (Å²) in [6.07, 6.45) is 3.03. The van der Waals surface area contributed by atoms with Crippen LogP contribution >= 0.6 is 0 Å². The van der Waals surface area contributed by atoms with Crippen LogP contribution in [-0.2, 0) is 7.05 Å². The van der Waals surface area contributed by atoms with Crippen LogP contribution in [0.1, 0.15) is 16.8 Å². The number of aromatic nitrogens is 2. The van der Waals surface area contributed by atoms with Crippen LogP contribution in [0, 0.1) is 0 Å². The molecule has 4 heteroatoms. The van der Waals surface area contributed by atoms with Crippen molar-refractivity contribution < 1.29 is 4.79 Å². The van der Waals surface area contributed by atoms with E-state index in [4.69, 9.17) is 0 Å². The zero-order valence-electron chi connectivity index (χ0n) is 10.3. The largest absolute Gasteiger partial charge is 0.339 e. The lowest BCUT2D eigenvalue weighted by molar-refractivity contribution is 0.0652. The second-order valence-corrected chi connectivity index (χ2v) is 4.60. The van der Waals surface area contributed by atoms with Crippen molar-refractivity contribution in [3.63, 3.8) is 0 Å².